The molecule has 0 aliphatic carbocycles. The lowest BCUT2D eigenvalue weighted by atomic mass is 10.0. The second-order valence-electron chi connectivity index (χ2n) is 12.0. The van der Waals surface area contributed by atoms with Crippen LogP contribution in [0, 0.1) is 0 Å². The molecule has 0 atom stereocenters. The zero-order chi connectivity index (χ0) is 31.6. The summed E-state index contributed by atoms with van der Waals surface area (Å²) < 4.78 is 15.3. The van der Waals surface area contributed by atoms with Gasteiger partial charge in [-0.05, 0) is 71.8 Å². The van der Waals surface area contributed by atoms with Crippen molar-refractivity contribution in [1.82, 2.24) is 4.98 Å². The van der Waals surface area contributed by atoms with Gasteiger partial charge in [-0.15, -0.1) is 11.3 Å². The fourth-order valence-corrected chi connectivity index (χ4v) is 7.92. The summed E-state index contributed by atoms with van der Waals surface area (Å²) in [5.74, 6) is 0.605. The van der Waals surface area contributed by atoms with E-state index in [1.165, 1.54) is 25.7 Å². The third-order valence-corrected chi connectivity index (χ3v) is 10.2. The van der Waals surface area contributed by atoms with Crippen molar-refractivity contribution >= 4 is 81.6 Å². The third-order valence-electron chi connectivity index (χ3n) is 9.08. The molecule has 4 nitrogen and oxygen atoms in total. The zero-order valence-corrected chi connectivity index (χ0v) is 26.4. The number of nitrogens with zero attached hydrogens (tertiary/aromatic N) is 2. The Morgan fingerprint density at radius 1 is 0.417 bits per heavy atom. The van der Waals surface area contributed by atoms with Gasteiger partial charge in [0.15, 0.2) is 5.58 Å². The quantitative estimate of drug-likeness (QED) is 0.189. The highest BCUT2D eigenvalue weighted by atomic mass is 32.1. The van der Waals surface area contributed by atoms with Crippen LogP contribution < -0.4 is 4.90 Å². The first kappa shape index (κ1) is 27.0. The summed E-state index contributed by atoms with van der Waals surface area (Å²) in [6.07, 6.45) is 0. The molecule has 226 valence electrons. The largest absolute Gasteiger partial charge is 0.456 e. The molecule has 0 saturated carbocycles. The van der Waals surface area contributed by atoms with Gasteiger partial charge in [0.2, 0.25) is 5.89 Å². The highest BCUT2D eigenvalue weighted by Gasteiger charge is 2.19. The summed E-state index contributed by atoms with van der Waals surface area (Å²) in [7, 11) is 0. The fourth-order valence-electron chi connectivity index (χ4n) is 6.79. The zero-order valence-electron chi connectivity index (χ0n) is 25.6. The van der Waals surface area contributed by atoms with Gasteiger partial charge in [-0.25, -0.2) is 4.98 Å². The Balaban J connectivity index is 1.13. The molecule has 7 aromatic carbocycles. The number of benzene rings is 7. The summed E-state index contributed by atoms with van der Waals surface area (Å²) in [6, 6.07) is 55.2. The number of fused-ring (bicyclic) bond motifs is 7. The molecule has 10 rings (SSSR count). The van der Waals surface area contributed by atoms with Gasteiger partial charge in [0.25, 0.3) is 0 Å². The molecule has 0 radical (unpaired) electrons. The van der Waals surface area contributed by atoms with E-state index in [2.05, 4.69) is 120 Å². The number of oxazole rings is 1. The van der Waals surface area contributed by atoms with Crippen molar-refractivity contribution in [2.24, 2.45) is 0 Å². The Hall–Kier alpha value is -6.17. The standard InChI is InChI=1S/C43H26N2O2S/c1-3-10-27(11-4-1)29-14-9-15-30(22-29)45(32-19-21-35-34-16-7-8-17-41(34)48-42(35)24-32)31-18-20-33-36-25-40-37(26-39(36)46-38(33)23-31)44-43(47-40)28-12-5-2-6-13-28/h1-26H. The van der Waals surface area contributed by atoms with Crippen LogP contribution in [0.1, 0.15) is 0 Å². The summed E-state index contributed by atoms with van der Waals surface area (Å²) in [5, 5.41) is 4.61. The van der Waals surface area contributed by atoms with E-state index < -0.39 is 0 Å². The van der Waals surface area contributed by atoms with Gasteiger partial charge in [-0.2, -0.15) is 0 Å². The molecule has 3 heterocycles. The lowest BCUT2D eigenvalue weighted by Crippen LogP contribution is -2.09. The van der Waals surface area contributed by atoms with Gasteiger partial charge in [0.05, 0.1) is 0 Å². The molecule has 0 saturated heterocycles. The molecule has 0 bridgehead atoms. The van der Waals surface area contributed by atoms with Crippen LogP contribution in [-0.2, 0) is 0 Å². The minimum atomic E-state index is 0.605. The van der Waals surface area contributed by atoms with Crippen LogP contribution >= 0.6 is 11.3 Å². The SMILES string of the molecule is c1ccc(-c2cccc(N(c3ccc4c(c3)oc3cc5nc(-c6ccccc6)oc5cc34)c3ccc4c(c3)sc3ccccc34)c2)cc1. The predicted molar refractivity (Wildman–Crippen MR) is 200 cm³/mol. The molecular formula is C43H26N2O2S. The van der Waals surface area contributed by atoms with Crippen LogP contribution in [0.15, 0.2) is 167 Å². The minimum Gasteiger partial charge on any atom is -0.456 e. The smallest absolute Gasteiger partial charge is 0.227 e. The molecule has 5 heteroatoms. The van der Waals surface area contributed by atoms with E-state index in [1.807, 2.05) is 53.8 Å². The third kappa shape index (κ3) is 4.40. The van der Waals surface area contributed by atoms with Crippen molar-refractivity contribution in [2.75, 3.05) is 4.90 Å². The molecular weight excluding hydrogens is 609 g/mol. The molecule has 48 heavy (non-hydrogen) atoms. The number of anilines is 3. The Morgan fingerprint density at radius 3 is 1.94 bits per heavy atom. The number of furan rings is 1. The Labute approximate surface area is 279 Å². The van der Waals surface area contributed by atoms with Gasteiger partial charge >= 0.3 is 0 Å². The second-order valence-corrected chi connectivity index (χ2v) is 13.1. The molecule has 0 fully saturated rings. The first-order chi connectivity index (χ1) is 23.7. The van der Waals surface area contributed by atoms with Crippen LogP contribution in [0.4, 0.5) is 17.1 Å². The molecule has 0 aliphatic rings. The second kappa shape index (κ2) is 10.7. The van der Waals surface area contributed by atoms with E-state index >= 15 is 0 Å². The number of rotatable bonds is 5. The molecule has 0 N–H and O–H groups in total. The van der Waals surface area contributed by atoms with E-state index in [-0.39, 0.29) is 0 Å². The Bertz CT molecular complexity index is 2790. The molecule has 0 amide bonds. The van der Waals surface area contributed by atoms with Crippen LogP contribution in [0.5, 0.6) is 0 Å². The molecule has 0 aliphatic heterocycles. The summed E-state index contributed by atoms with van der Waals surface area (Å²) in [4.78, 5) is 7.09. The van der Waals surface area contributed by atoms with Crippen molar-refractivity contribution < 1.29 is 8.83 Å². The highest BCUT2D eigenvalue weighted by Crippen LogP contribution is 2.43. The monoisotopic (exact) mass is 634 g/mol. The molecule has 3 aromatic heterocycles. The summed E-state index contributed by atoms with van der Waals surface area (Å²) >= 11 is 1.83. The van der Waals surface area contributed by atoms with Gasteiger partial charge < -0.3 is 13.7 Å². The van der Waals surface area contributed by atoms with Gasteiger partial charge in [-0.1, -0.05) is 84.9 Å². The number of thiophene rings is 1. The Kier molecular flexibility index (Phi) is 6.01. The van der Waals surface area contributed by atoms with E-state index in [4.69, 9.17) is 13.8 Å². The summed E-state index contributed by atoms with van der Waals surface area (Å²) in [6.45, 7) is 0. The number of hydrogen-bond donors (Lipinski definition) is 0. The highest BCUT2D eigenvalue weighted by molar-refractivity contribution is 7.25. The first-order valence-corrected chi connectivity index (χ1v) is 16.8. The van der Waals surface area contributed by atoms with E-state index in [1.54, 1.807) is 0 Å². The molecule has 0 unspecified atom stereocenters. The fraction of sp³-hybridized carbons (Fsp3) is 0. The number of hydrogen-bond acceptors (Lipinski definition) is 5. The van der Waals surface area contributed by atoms with Crippen LogP contribution in [0.2, 0.25) is 0 Å². The lowest BCUT2D eigenvalue weighted by molar-refractivity contribution is 0.620. The molecule has 0 spiro atoms. The maximum absolute atomic E-state index is 6.53. The van der Waals surface area contributed by atoms with Crippen LogP contribution in [-0.4, -0.2) is 4.98 Å². The van der Waals surface area contributed by atoms with E-state index in [0.717, 1.165) is 61.2 Å². The van der Waals surface area contributed by atoms with Gasteiger partial charge in [-0.3, -0.25) is 0 Å². The topological polar surface area (TPSA) is 42.4 Å². The van der Waals surface area contributed by atoms with E-state index in [0.29, 0.717) is 5.89 Å². The minimum absolute atomic E-state index is 0.605. The van der Waals surface area contributed by atoms with Crippen molar-refractivity contribution in [3.63, 3.8) is 0 Å². The van der Waals surface area contributed by atoms with Crippen molar-refractivity contribution in [1.29, 1.82) is 0 Å². The molecule has 10 aromatic rings. The Morgan fingerprint density at radius 2 is 1.08 bits per heavy atom. The van der Waals surface area contributed by atoms with E-state index in [9.17, 15) is 0 Å². The average molecular weight is 635 g/mol. The normalized spacial score (nSPS) is 11.8. The average Bonchev–Trinajstić information content (AvgIpc) is 3.84. The van der Waals surface area contributed by atoms with Gasteiger partial charge in [0.1, 0.15) is 16.7 Å². The maximum Gasteiger partial charge on any atom is 0.227 e. The van der Waals surface area contributed by atoms with Gasteiger partial charge in [0, 0.05) is 65.7 Å². The van der Waals surface area contributed by atoms with Crippen molar-refractivity contribution in [3.8, 4) is 22.6 Å². The van der Waals surface area contributed by atoms with Crippen LogP contribution in [0.3, 0.4) is 0 Å². The summed E-state index contributed by atoms with van der Waals surface area (Å²) in [5.41, 5.74) is 9.58. The predicted octanol–water partition coefficient (Wildman–Crippen LogP) is 12.9. The maximum atomic E-state index is 6.53. The van der Waals surface area contributed by atoms with Crippen molar-refractivity contribution in [2.45, 2.75) is 0 Å². The lowest BCUT2D eigenvalue weighted by Gasteiger charge is -2.26. The van der Waals surface area contributed by atoms with Crippen molar-refractivity contribution in [3.05, 3.63) is 158 Å². The first-order valence-electron chi connectivity index (χ1n) is 15.9. The van der Waals surface area contributed by atoms with Crippen LogP contribution in [0.25, 0.3) is 75.8 Å². The number of aromatic nitrogens is 1.